The minimum Gasteiger partial charge on any atom is -1.00 e. The maximum atomic E-state index is 13.3. The average molecular weight is 536 g/mol. The summed E-state index contributed by atoms with van der Waals surface area (Å²) in [7, 11) is 0. The Balaban J connectivity index is 0.00000380. The van der Waals surface area contributed by atoms with E-state index in [1.54, 1.807) is 30.3 Å². The molecule has 0 saturated heterocycles. The monoisotopic (exact) mass is 536 g/mol. The smallest absolute Gasteiger partial charge is 1.00 e. The molecule has 0 unspecified atom stereocenters. The summed E-state index contributed by atoms with van der Waals surface area (Å²) >= 11 is 0. The van der Waals surface area contributed by atoms with Gasteiger partial charge in [0, 0.05) is 12.0 Å². The van der Waals surface area contributed by atoms with E-state index in [9.17, 15) is 36.2 Å². The normalized spacial score (nSPS) is 12.8. The van der Waals surface area contributed by atoms with Crippen molar-refractivity contribution in [1.82, 2.24) is 0 Å². The van der Waals surface area contributed by atoms with Crippen LogP contribution in [0.15, 0.2) is 72.8 Å². The Morgan fingerprint density at radius 2 is 1.50 bits per heavy atom. The zero-order chi connectivity index (χ0) is 27.4. The van der Waals surface area contributed by atoms with Gasteiger partial charge < -0.3 is 21.1 Å². The van der Waals surface area contributed by atoms with Gasteiger partial charge in [-0.2, -0.15) is 26.3 Å². The number of aryl methyl sites for hydroxylation is 1. The number of aromatic carboxylic acids is 1. The SMILES string of the molecule is Cc1cc(C(O)(C(F)(F)F)C(F)(F)F)ccc1O[C@@H](COc1ccc(C(=O)O)cc1)Cc1ccccc1.[H-].[Li+]. The van der Waals surface area contributed by atoms with Crippen LogP contribution < -0.4 is 28.3 Å². The molecule has 3 rings (SSSR count). The van der Waals surface area contributed by atoms with Crippen LogP contribution in [0, 0.1) is 6.92 Å². The standard InChI is InChI=1S/C26H22F6O5.Li.H/c1-16-13-19(24(35,25(27,28)29)26(30,31)32)9-12-22(16)37-21(14-17-5-3-2-4-6-17)15-36-20-10-7-18(8-11-20)23(33)34;;/h2-13,21,35H,14-15H2,1H3,(H,33,34);;/q;+1;-1/t21-;;/m1../s1. The Hall–Kier alpha value is -3.13. The minimum atomic E-state index is -6.00. The van der Waals surface area contributed by atoms with Gasteiger partial charge in [0.2, 0.25) is 0 Å². The van der Waals surface area contributed by atoms with Crippen LogP contribution in [0.2, 0.25) is 0 Å². The first-order valence-corrected chi connectivity index (χ1v) is 10.9. The molecule has 0 bridgehead atoms. The van der Waals surface area contributed by atoms with Crippen LogP contribution in [-0.4, -0.2) is 41.2 Å². The molecule has 38 heavy (non-hydrogen) atoms. The molecule has 200 valence electrons. The number of carbonyl (C=O) groups is 1. The van der Waals surface area contributed by atoms with Crippen molar-refractivity contribution in [1.29, 1.82) is 0 Å². The van der Waals surface area contributed by atoms with Gasteiger partial charge in [0.25, 0.3) is 5.60 Å². The summed E-state index contributed by atoms with van der Waals surface area (Å²) < 4.78 is 91.1. The van der Waals surface area contributed by atoms with Crippen LogP contribution in [0.4, 0.5) is 26.3 Å². The van der Waals surface area contributed by atoms with Crippen molar-refractivity contribution in [3.8, 4) is 11.5 Å². The molecule has 0 fully saturated rings. The zero-order valence-electron chi connectivity index (χ0n) is 21.3. The quantitative estimate of drug-likeness (QED) is 0.325. The van der Waals surface area contributed by atoms with Crippen molar-refractivity contribution in [3.63, 3.8) is 0 Å². The second-order valence-corrected chi connectivity index (χ2v) is 8.26. The van der Waals surface area contributed by atoms with E-state index in [-0.39, 0.29) is 50.2 Å². The summed E-state index contributed by atoms with van der Waals surface area (Å²) in [5.41, 5.74) is -5.61. The van der Waals surface area contributed by atoms with Crippen LogP contribution in [0.1, 0.15) is 28.5 Å². The molecule has 0 heterocycles. The molecule has 0 spiro atoms. The number of alkyl halides is 6. The molecule has 1 atom stereocenters. The number of benzene rings is 3. The van der Waals surface area contributed by atoms with E-state index in [2.05, 4.69) is 0 Å². The molecule has 0 aliphatic carbocycles. The first kappa shape index (κ1) is 31.1. The van der Waals surface area contributed by atoms with E-state index in [0.717, 1.165) is 11.6 Å². The molecule has 0 aromatic heterocycles. The summed E-state index contributed by atoms with van der Waals surface area (Å²) in [5, 5.41) is 18.7. The van der Waals surface area contributed by atoms with E-state index < -0.39 is 35.6 Å². The van der Waals surface area contributed by atoms with Gasteiger partial charge in [-0.25, -0.2) is 4.79 Å². The van der Waals surface area contributed by atoms with E-state index in [1.165, 1.54) is 31.2 Å². The van der Waals surface area contributed by atoms with Crippen molar-refractivity contribution < 1.29 is 71.1 Å². The fraction of sp³-hybridized carbons (Fsp3) is 0.269. The molecule has 0 aliphatic heterocycles. The van der Waals surface area contributed by atoms with Crippen molar-refractivity contribution in [2.75, 3.05) is 6.61 Å². The molecular weight excluding hydrogens is 513 g/mol. The minimum absolute atomic E-state index is 0. The molecule has 5 nitrogen and oxygen atoms in total. The molecular formula is C26H23F6LiO5. The van der Waals surface area contributed by atoms with Crippen LogP contribution in [-0.2, 0) is 12.0 Å². The molecule has 0 saturated carbocycles. The van der Waals surface area contributed by atoms with Gasteiger partial charge in [-0.05, 0) is 54.4 Å². The molecule has 0 amide bonds. The van der Waals surface area contributed by atoms with E-state index in [4.69, 9.17) is 14.6 Å². The Kier molecular flexibility index (Phi) is 9.94. The Morgan fingerprint density at radius 1 is 0.921 bits per heavy atom. The summed E-state index contributed by atoms with van der Waals surface area (Å²) in [6.07, 6.45) is -12.4. The van der Waals surface area contributed by atoms with E-state index in [0.29, 0.717) is 17.9 Å². The number of hydrogen-bond acceptors (Lipinski definition) is 4. The van der Waals surface area contributed by atoms with Crippen molar-refractivity contribution in [2.45, 2.75) is 37.4 Å². The fourth-order valence-corrected chi connectivity index (χ4v) is 3.57. The largest absolute Gasteiger partial charge is 1.00 e. The Morgan fingerprint density at radius 3 is 2.00 bits per heavy atom. The maximum absolute atomic E-state index is 13.3. The third kappa shape index (κ3) is 7.04. The van der Waals surface area contributed by atoms with Crippen molar-refractivity contribution >= 4 is 5.97 Å². The number of halogens is 6. The number of carboxylic acid groups (broad SMARTS) is 1. The van der Waals surface area contributed by atoms with Gasteiger partial charge in [-0.1, -0.05) is 36.4 Å². The topological polar surface area (TPSA) is 76.0 Å². The summed E-state index contributed by atoms with van der Waals surface area (Å²) in [6, 6.07) is 16.6. The zero-order valence-corrected chi connectivity index (χ0v) is 20.3. The third-order valence-corrected chi connectivity index (χ3v) is 5.55. The number of hydrogen-bond donors (Lipinski definition) is 2. The van der Waals surface area contributed by atoms with Crippen LogP contribution in [0.3, 0.4) is 0 Å². The van der Waals surface area contributed by atoms with Gasteiger partial charge in [0.05, 0.1) is 5.56 Å². The first-order chi connectivity index (χ1) is 17.2. The van der Waals surface area contributed by atoms with Crippen molar-refractivity contribution in [2.24, 2.45) is 0 Å². The molecule has 2 N–H and O–H groups in total. The van der Waals surface area contributed by atoms with Gasteiger partial charge in [0.1, 0.15) is 24.2 Å². The number of carboxylic acids is 1. The molecule has 0 radical (unpaired) electrons. The Labute approximate surface area is 227 Å². The van der Waals surface area contributed by atoms with Gasteiger partial charge in [-0.3, -0.25) is 0 Å². The number of ether oxygens (including phenoxy) is 2. The second-order valence-electron chi connectivity index (χ2n) is 8.26. The summed E-state index contributed by atoms with van der Waals surface area (Å²) in [4.78, 5) is 11.0. The predicted octanol–water partition coefficient (Wildman–Crippen LogP) is 3.19. The Bertz CT molecular complexity index is 1210. The third-order valence-electron chi connectivity index (χ3n) is 5.55. The number of aliphatic hydroxyl groups is 1. The average Bonchev–Trinajstić information content (AvgIpc) is 2.82. The summed E-state index contributed by atoms with van der Waals surface area (Å²) in [5.74, 6) is -0.779. The van der Waals surface area contributed by atoms with E-state index in [1.807, 2.05) is 0 Å². The second kappa shape index (κ2) is 12.2. The van der Waals surface area contributed by atoms with Gasteiger partial charge in [-0.15, -0.1) is 0 Å². The maximum Gasteiger partial charge on any atom is 1.00 e. The predicted molar refractivity (Wildman–Crippen MR) is 122 cm³/mol. The van der Waals surface area contributed by atoms with Crippen LogP contribution in [0.5, 0.6) is 11.5 Å². The first-order valence-electron chi connectivity index (χ1n) is 10.9. The van der Waals surface area contributed by atoms with Gasteiger partial charge >= 0.3 is 37.2 Å². The van der Waals surface area contributed by atoms with E-state index >= 15 is 0 Å². The van der Waals surface area contributed by atoms with Crippen LogP contribution in [0.25, 0.3) is 0 Å². The molecule has 12 heteroatoms. The number of rotatable bonds is 9. The fourth-order valence-electron chi connectivity index (χ4n) is 3.57. The van der Waals surface area contributed by atoms with Crippen LogP contribution >= 0.6 is 0 Å². The molecule has 3 aromatic carbocycles. The van der Waals surface area contributed by atoms with Gasteiger partial charge in [0.15, 0.2) is 0 Å². The van der Waals surface area contributed by atoms with Crippen molar-refractivity contribution in [3.05, 3.63) is 95.1 Å². The molecule has 0 aliphatic rings. The molecule has 3 aromatic rings. The summed E-state index contributed by atoms with van der Waals surface area (Å²) in [6.45, 7) is 1.19.